The minimum Gasteiger partial charge on any atom is -0.392 e. The molecule has 2 amide bonds. The van der Waals surface area contributed by atoms with Crippen LogP contribution in [-0.2, 0) is 16.0 Å². The number of hydrogen-bond acceptors (Lipinski definition) is 3. The fraction of sp³-hybridized carbons (Fsp3) is 0.467. The van der Waals surface area contributed by atoms with Gasteiger partial charge in [0.25, 0.3) is 0 Å². The number of rotatable bonds is 7. The van der Waals surface area contributed by atoms with Crippen LogP contribution in [0.1, 0.15) is 24.5 Å². The standard InChI is InChI=1S/C15H22N2O3/c1-11-3-5-13(6-4-11)7-8-14(19)17-10-15(20)16-9-12(2)18/h3-6,12,18H,7-10H2,1-2H3,(H,16,20)(H,17,19). The summed E-state index contributed by atoms with van der Waals surface area (Å²) in [4.78, 5) is 22.9. The minimum atomic E-state index is -0.587. The Labute approximate surface area is 119 Å². The Balaban J connectivity index is 2.20. The highest BCUT2D eigenvalue weighted by Crippen LogP contribution is 2.05. The third-order valence-electron chi connectivity index (χ3n) is 2.80. The van der Waals surface area contributed by atoms with E-state index in [4.69, 9.17) is 5.11 Å². The van der Waals surface area contributed by atoms with E-state index in [2.05, 4.69) is 10.6 Å². The van der Waals surface area contributed by atoms with E-state index in [0.717, 1.165) is 5.56 Å². The van der Waals surface area contributed by atoms with Crippen LogP contribution in [0.2, 0.25) is 0 Å². The molecule has 1 unspecified atom stereocenters. The summed E-state index contributed by atoms with van der Waals surface area (Å²) in [7, 11) is 0. The van der Waals surface area contributed by atoms with Gasteiger partial charge in [-0.05, 0) is 25.8 Å². The van der Waals surface area contributed by atoms with Gasteiger partial charge in [0.2, 0.25) is 11.8 Å². The van der Waals surface area contributed by atoms with E-state index < -0.39 is 6.10 Å². The molecule has 0 heterocycles. The Morgan fingerprint density at radius 1 is 1.15 bits per heavy atom. The first-order chi connectivity index (χ1) is 9.47. The normalized spacial score (nSPS) is 11.8. The Morgan fingerprint density at radius 3 is 2.40 bits per heavy atom. The number of amides is 2. The molecule has 0 aromatic heterocycles. The molecule has 1 rings (SSSR count). The van der Waals surface area contributed by atoms with Gasteiger partial charge in [-0.3, -0.25) is 9.59 Å². The summed E-state index contributed by atoms with van der Waals surface area (Å²) in [6.07, 6.45) is 0.421. The van der Waals surface area contributed by atoms with Crippen LogP contribution in [0.4, 0.5) is 0 Å². The van der Waals surface area contributed by atoms with E-state index in [1.165, 1.54) is 5.56 Å². The second-order valence-electron chi connectivity index (χ2n) is 4.92. The van der Waals surface area contributed by atoms with E-state index >= 15 is 0 Å². The maximum absolute atomic E-state index is 11.6. The molecule has 0 spiro atoms. The van der Waals surface area contributed by atoms with E-state index in [0.29, 0.717) is 12.8 Å². The lowest BCUT2D eigenvalue weighted by Gasteiger charge is -2.08. The summed E-state index contributed by atoms with van der Waals surface area (Å²) in [6.45, 7) is 3.74. The Morgan fingerprint density at radius 2 is 1.80 bits per heavy atom. The summed E-state index contributed by atoms with van der Waals surface area (Å²) in [5.41, 5.74) is 2.29. The Kier molecular flexibility index (Phi) is 6.73. The number of aryl methyl sites for hydroxylation is 2. The van der Waals surface area contributed by atoms with Gasteiger partial charge in [-0.1, -0.05) is 29.8 Å². The molecular weight excluding hydrogens is 256 g/mol. The van der Waals surface area contributed by atoms with Gasteiger partial charge in [-0.15, -0.1) is 0 Å². The van der Waals surface area contributed by atoms with Gasteiger partial charge >= 0.3 is 0 Å². The zero-order valence-electron chi connectivity index (χ0n) is 12.0. The lowest BCUT2D eigenvalue weighted by molar-refractivity contribution is -0.126. The molecule has 0 aliphatic heterocycles. The van der Waals surface area contributed by atoms with E-state index in [1.54, 1.807) is 6.92 Å². The molecule has 110 valence electrons. The molecule has 0 aliphatic carbocycles. The summed E-state index contributed by atoms with van der Waals surface area (Å²) in [5.74, 6) is -0.452. The number of benzene rings is 1. The first kappa shape index (κ1) is 16.2. The van der Waals surface area contributed by atoms with Crippen molar-refractivity contribution in [3.05, 3.63) is 35.4 Å². The molecule has 5 nitrogen and oxygen atoms in total. The van der Waals surface area contributed by atoms with Crippen molar-refractivity contribution in [1.82, 2.24) is 10.6 Å². The quantitative estimate of drug-likeness (QED) is 0.681. The molecule has 0 fully saturated rings. The number of hydrogen-bond donors (Lipinski definition) is 3. The molecule has 20 heavy (non-hydrogen) atoms. The highest BCUT2D eigenvalue weighted by molar-refractivity contribution is 5.84. The Hall–Kier alpha value is -1.88. The number of carbonyl (C=O) groups is 2. The van der Waals surface area contributed by atoms with Crippen LogP contribution in [0.15, 0.2) is 24.3 Å². The van der Waals surface area contributed by atoms with Gasteiger partial charge in [0.05, 0.1) is 12.6 Å². The van der Waals surface area contributed by atoms with Crippen LogP contribution in [0.25, 0.3) is 0 Å². The summed E-state index contributed by atoms with van der Waals surface area (Å²) in [6, 6.07) is 8.02. The zero-order chi connectivity index (χ0) is 15.0. The summed E-state index contributed by atoms with van der Waals surface area (Å²) >= 11 is 0. The van der Waals surface area contributed by atoms with Crippen molar-refractivity contribution in [2.24, 2.45) is 0 Å². The molecule has 0 radical (unpaired) electrons. The fourth-order valence-corrected chi connectivity index (χ4v) is 1.60. The number of aliphatic hydroxyl groups excluding tert-OH is 1. The number of nitrogens with one attached hydrogen (secondary N) is 2. The predicted molar refractivity (Wildman–Crippen MR) is 77.2 cm³/mol. The van der Waals surface area contributed by atoms with Crippen LogP contribution in [0.5, 0.6) is 0 Å². The maximum atomic E-state index is 11.6. The molecule has 0 saturated carbocycles. The Bertz CT molecular complexity index is 441. The van der Waals surface area contributed by atoms with Crippen molar-refractivity contribution in [2.75, 3.05) is 13.1 Å². The molecule has 0 aliphatic rings. The van der Waals surface area contributed by atoms with Crippen molar-refractivity contribution in [3.8, 4) is 0 Å². The average Bonchev–Trinajstić information content (AvgIpc) is 2.42. The van der Waals surface area contributed by atoms with E-state index in [1.807, 2.05) is 31.2 Å². The number of aliphatic hydroxyl groups is 1. The molecule has 3 N–H and O–H groups in total. The van der Waals surface area contributed by atoms with Gasteiger partial charge in [0, 0.05) is 13.0 Å². The van der Waals surface area contributed by atoms with Gasteiger partial charge in [-0.2, -0.15) is 0 Å². The van der Waals surface area contributed by atoms with Gasteiger partial charge in [0.15, 0.2) is 0 Å². The predicted octanol–water partition coefficient (Wildman–Crippen LogP) is 0.541. The largest absolute Gasteiger partial charge is 0.392 e. The SMILES string of the molecule is Cc1ccc(CCC(=O)NCC(=O)NCC(C)O)cc1. The lowest BCUT2D eigenvalue weighted by Crippen LogP contribution is -2.39. The molecular formula is C15H22N2O3. The fourth-order valence-electron chi connectivity index (χ4n) is 1.60. The smallest absolute Gasteiger partial charge is 0.239 e. The first-order valence-corrected chi connectivity index (χ1v) is 6.74. The van der Waals surface area contributed by atoms with Crippen molar-refractivity contribution in [3.63, 3.8) is 0 Å². The van der Waals surface area contributed by atoms with Crippen molar-refractivity contribution < 1.29 is 14.7 Å². The second-order valence-corrected chi connectivity index (χ2v) is 4.92. The van der Waals surface area contributed by atoms with E-state index in [9.17, 15) is 9.59 Å². The van der Waals surface area contributed by atoms with Gasteiger partial charge < -0.3 is 15.7 Å². The third-order valence-corrected chi connectivity index (χ3v) is 2.80. The topological polar surface area (TPSA) is 78.4 Å². The molecule has 0 bridgehead atoms. The number of carbonyl (C=O) groups excluding carboxylic acids is 2. The van der Waals surface area contributed by atoms with Crippen LogP contribution < -0.4 is 10.6 Å². The molecule has 1 aromatic carbocycles. The average molecular weight is 278 g/mol. The molecule has 1 aromatic rings. The molecule has 0 saturated heterocycles. The van der Waals surface area contributed by atoms with Crippen molar-refractivity contribution in [1.29, 1.82) is 0 Å². The van der Waals surface area contributed by atoms with Gasteiger partial charge in [-0.25, -0.2) is 0 Å². The van der Waals surface area contributed by atoms with Crippen molar-refractivity contribution in [2.45, 2.75) is 32.8 Å². The molecule has 5 heteroatoms. The highest BCUT2D eigenvalue weighted by Gasteiger charge is 2.06. The first-order valence-electron chi connectivity index (χ1n) is 6.74. The van der Waals surface area contributed by atoms with Crippen LogP contribution in [-0.4, -0.2) is 36.1 Å². The van der Waals surface area contributed by atoms with Crippen molar-refractivity contribution >= 4 is 11.8 Å². The van der Waals surface area contributed by atoms with Gasteiger partial charge in [0.1, 0.15) is 0 Å². The summed E-state index contributed by atoms with van der Waals surface area (Å²) < 4.78 is 0. The zero-order valence-corrected chi connectivity index (χ0v) is 12.0. The van der Waals surface area contributed by atoms with Crippen LogP contribution in [0.3, 0.4) is 0 Å². The van der Waals surface area contributed by atoms with E-state index in [-0.39, 0.29) is 24.9 Å². The second kappa shape index (κ2) is 8.32. The van der Waals surface area contributed by atoms with Crippen LogP contribution in [0, 0.1) is 6.92 Å². The monoisotopic (exact) mass is 278 g/mol. The lowest BCUT2D eigenvalue weighted by atomic mass is 10.1. The molecule has 1 atom stereocenters. The third kappa shape index (κ3) is 6.89. The minimum absolute atomic E-state index is 0.0561. The highest BCUT2D eigenvalue weighted by atomic mass is 16.3. The summed E-state index contributed by atoms with van der Waals surface area (Å²) in [5, 5.41) is 14.1. The van der Waals surface area contributed by atoms with Crippen LogP contribution >= 0.6 is 0 Å². The maximum Gasteiger partial charge on any atom is 0.239 e.